The van der Waals surface area contributed by atoms with E-state index in [1.54, 1.807) is 24.3 Å². The second kappa shape index (κ2) is 5.37. The van der Waals surface area contributed by atoms with Gasteiger partial charge in [0.15, 0.2) is 0 Å². The molecule has 0 bridgehead atoms. The minimum Gasteiger partial charge on any atom is -0.459 e. The van der Waals surface area contributed by atoms with Crippen LogP contribution in [0, 0.1) is 0 Å². The maximum absolute atomic E-state index is 11.7. The van der Waals surface area contributed by atoms with Gasteiger partial charge in [-0.2, -0.15) is 0 Å². The van der Waals surface area contributed by atoms with Crippen molar-refractivity contribution < 1.29 is 14.3 Å². The third-order valence-electron chi connectivity index (χ3n) is 2.55. The topological polar surface area (TPSA) is 35.5 Å². The molecule has 1 aromatic rings. The smallest absolute Gasteiger partial charge is 0.338 e. The van der Waals surface area contributed by atoms with Crippen LogP contribution < -0.4 is 0 Å². The molecule has 0 spiro atoms. The molecule has 1 fully saturated rings. The quantitative estimate of drug-likeness (QED) is 0.634. The molecule has 1 aromatic carbocycles. The highest BCUT2D eigenvalue weighted by molar-refractivity contribution is 7.80. The summed E-state index contributed by atoms with van der Waals surface area (Å²) in [5.74, 6) is -0.264. The molecule has 86 valence electrons. The number of hydrogen-bond donors (Lipinski definition) is 1. The molecule has 0 atom stereocenters. The average Bonchev–Trinajstić information content (AvgIpc) is 2.31. The fraction of sp³-hybridized carbons (Fsp3) is 0.417. The molecule has 1 aliphatic rings. The first-order valence-corrected chi connectivity index (χ1v) is 5.78. The van der Waals surface area contributed by atoms with Crippen molar-refractivity contribution in [1.29, 1.82) is 0 Å². The Balaban J connectivity index is 1.94. The summed E-state index contributed by atoms with van der Waals surface area (Å²) in [6, 6.07) is 7.02. The Bertz CT molecular complexity index is 355. The summed E-state index contributed by atoms with van der Waals surface area (Å²) in [7, 11) is 0. The van der Waals surface area contributed by atoms with E-state index in [2.05, 4.69) is 12.6 Å². The highest BCUT2D eigenvalue weighted by Gasteiger charge is 2.18. The highest BCUT2D eigenvalue weighted by atomic mass is 32.1. The van der Waals surface area contributed by atoms with Crippen LogP contribution in [-0.2, 0) is 9.47 Å². The average molecular weight is 238 g/mol. The van der Waals surface area contributed by atoms with E-state index < -0.39 is 0 Å². The molecule has 16 heavy (non-hydrogen) atoms. The molecule has 2 rings (SSSR count). The van der Waals surface area contributed by atoms with Gasteiger partial charge < -0.3 is 9.47 Å². The molecule has 0 aliphatic carbocycles. The van der Waals surface area contributed by atoms with Crippen LogP contribution in [0.5, 0.6) is 0 Å². The minimum absolute atomic E-state index is 0.00284. The van der Waals surface area contributed by atoms with Gasteiger partial charge in [0.25, 0.3) is 0 Å². The Labute approximate surface area is 100 Å². The molecule has 0 saturated carbocycles. The number of rotatable bonds is 2. The molecule has 0 radical (unpaired) electrons. The van der Waals surface area contributed by atoms with Crippen LogP contribution in [0.4, 0.5) is 0 Å². The summed E-state index contributed by atoms with van der Waals surface area (Å²) in [6.45, 7) is 1.35. The zero-order chi connectivity index (χ0) is 11.4. The Morgan fingerprint density at radius 1 is 1.25 bits per heavy atom. The molecular formula is C12H14O3S. The number of carbonyl (C=O) groups is 1. The van der Waals surface area contributed by atoms with E-state index in [1.807, 2.05) is 0 Å². The van der Waals surface area contributed by atoms with E-state index in [0.29, 0.717) is 18.8 Å². The van der Waals surface area contributed by atoms with Crippen LogP contribution >= 0.6 is 12.6 Å². The lowest BCUT2D eigenvalue weighted by atomic mass is 10.1. The first-order valence-electron chi connectivity index (χ1n) is 5.33. The normalized spacial score (nSPS) is 17.1. The first kappa shape index (κ1) is 11.5. The second-order valence-corrected chi connectivity index (χ2v) is 4.28. The third-order valence-corrected chi connectivity index (χ3v) is 2.84. The molecule has 1 heterocycles. The monoisotopic (exact) mass is 238 g/mol. The third kappa shape index (κ3) is 3.00. The van der Waals surface area contributed by atoms with Crippen molar-refractivity contribution in [1.82, 2.24) is 0 Å². The van der Waals surface area contributed by atoms with Crippen LogP contribution in [0.2, 0.25) is 0 Å². The predicted octanol–water partition coefficient (Wildman–Crippen LogP) is 2.31. The van der Waals surface area contributed by atoms with E-state index in [4.69, 9.17) is 9.47 Å². The van der Waals surface area contributed by atoms with Crippen molar-refractivity contribution >= 4 is 18.6 Å². The number of benzene rings is 1. The molecule has 0 amide bonds. The van der Waals surface area contributed by atoms with Crippen molar-refractivity contribution in [2.24, 2.45) is 0 Å². The van der Waals surface area contributed by atoms with E-state index >= 15 is 0 Å². The lowest BCUT2D eigenvalue weighted by molar-refractivity contribution is -0.0159. The molecular weight excluding hydrogens is 224 g/mol. The lowest BCUT2D eigenvalue weighted by Crippen LogP contribution is -2.26. The number of esters is 1. The van der Waals surface area contributed by atoms with E-state index in [1.165, 1.54) is 0 Å². The van der Waals surface area contributed by atoms with E-state index in [-0.39, 0.29) is 12.1 Å². The SMILES string of the molecule is O=C(OC1CCOCC1)c1ccc(S)cc1. The molecule has 0 N–H and O–H groups in total. The van der Waals surface area contributed by atoms with Gasteiger partial charge in [0.05, 0.1) is 18.8 Å². The fourth-order valence-electron chi connectivity index (χ4n) is 1.61. The van der Waals surface area contributed by atoms with E-state index in [9.17, 15) is 4.79 Å². The van der Waals surface area contributed by atoms with Gasteiger partial charge in [0.1, 0.15) is 6.10 Å². The first-order chi connectivity index (χ1) is 7.75. The van der Waals surface area contributed by atoms with Crippen molar-refractivity contribution in [3.8, 4) is 0 Å². The Kier molecular flexibility index (Phi) is 3.85. The molecule has 4 heteroatoms. The number of carbonyl (C=O) groups excluding carboxylic acids is 1. The van der Waals surface area contributed by atoms with Crippen LogP contribution in [0.25, 0.3) is 0 Å². The van der Waals surface area contributed by atoms with Crippen molar-refractivity contribution in [3.05, 3.63) is 29.8 Å². The standard InChI is InChI=1S/C12H14O3S/c13-12(9-1-3-11(16)4-2-9)15-10-5-7-14-8-6-10/h1-4,10,16H,5-8H2. The lowest BCUT2D eigenvalue weighted by Gasteiger charge is -2.22. The fourth-order valence-corrected chi connectivity index (χ4v) is 1.76. The van der Waals surface area contributed by atoms with Crippen LogP contribution in [0.3, 0.4) is 0 Å². The van der Waals surface area contributed by atoms with Crippen LogP contribution in [-0.4, -0.2) is 25.3 Å². The van der Waals surface area contributed by atoms with Crippen LogP contribution in [0.15, 0.2) is 29.2 Å². The second-order valence-electron chi connectivity index (χ2n) is 3.76. The molecule has 0 aromatic heterocycles. The van der Waals surface area contributed by atoms with Gasteiger partial charge in [-0.1, -0.05) is 0 Å². The van der Waals surface area contributed by atoms with Crippen molar-refractivity contribution in [2.45, 2.75) is 23.8 Å². The van der Waals surface area contributed by atoms with Gasteiger partial charge in [-0.05, 0) is 24.3 Å². The molecule has 0 unspecified atom stereocenters. The minimum atomic E-state index is -0.264. The Morgan fingerprint density at radius 2 is 1.88 bits per heavy atom. The summed E-state index contributed by atoms with van der Waals surface area (Å²) in [4.78, 5) is 12.6. The number of thiol groups is 1. The van der Waals surface area contributed by atoms with Crippen molar-refractivity contribution in [3.63, 3.8) is 0 Å². The maximum atomic E-state index is 11.7. The van der Waals surface area contributed by atoms with Gasteiger partial charge in [0.2, 0.25) is 0 Å². The summed E-state index contributed by atoms with van der Waals surface area (Å²) in [5.41, 5.74) is 0.573. The largest absolute Gasteiger partial charge is 0.459 e. The van der Waals surface area contributed by atoms with Gasteiger partial charge in [-0.15, -0.1) is 12.6 Å². The number of ether oxygens (including phenoxy) is 2. The molecule has 1 saturated heterocycles. The summed E-state index contributed by atoms with van der Waals surface area (Å²) in [6.07, 6.45) is 1.57. The Hall–Kier alpha value is -1.00. The van der Waals surface area contributed by atoms with Crippen LogP contribution in [0.1, 0.15) is 23.2 Å². The van der Waals surface area contributed by atoms with Gasteiger partial charge in [-0.3, -0.25) is 0 Å². The zero-order valence-corrected chi connectivity index (χ0v) is 9.78. The zero-order valence-electron chi connectivity index (χ0n) is 8.89. The van der Waals surface area contributed by atoms with Gasteiger partial charge in [-0.25, -0.2) is 4.79 Å². The van der Waals surface area contributed by atoms with Crippen molar-refractivity contribution in [2.75, 3.05) is 13.2 Å². The summed E-state index contributed by atoms with van der Waals surface area (Å²) < 4.78 is 10.6. The van der Waals surface area contributed by atoms with Gasteiger partial charge >= 0.3 is 5.97 Å². The summed E-state index contributed by atoms with van der Waals surface area (Å²) in [5, 5.41) is 0. The summed E-state index contributed by atoms with van der Waals surface area (Å²) >= 11 is 4.16. The highest BCUT2D eigenvalue weighted by Crippen LogP contribution is 2.14. The van der Waals surface area contributed by atoms with Gasteiger partial charge in [0, 0.05) is 17.7 Å². The maximum Gasteiger partial charge on any atom is 0.338 e. The molecule has 1 aliphatic heterocycles. The predicted molar refractivity (Wildman–Crippen MR) is 63.0 cm³/mol. The molecule has 3 nitrogen and oxygen atoms in total. The number of hydrogen-bond acceptors (Lipinski definition) is 4. The van der Waals surface area contributed by atoms with E-state index in [0.717, 1.165) is 17.7 Å². The Morgan fingerprint density at radius 3 is 2.50 bits per heavy atom.